The molecule has 1 saturated heterocycles. The Balaban J connectivity index is 1.39. The highest BCUT2D eigenvalue weighted by Crippen LogP contribution is 2.46. The summed E-state index contributed by atoms with van der Waals surface area (Å²) < 4.78 is 7.32. The average molecular weight is 538 g/mol. The first kappa shape index (κ1) is 26.5. The SMILES string of the molecule is CCC(=O)COc1cc2cc(Nc3nc(N4CC5(CCC(C)CC5)C4)ncc3Cl)ccc2n(C(C)C)c1=O. The smallest absolute Gasteiger partial charge is 0.293 e. The third-order valence-electron chi connectivity index (χ3n) is 7.97. The first-order valence-electron chi connectivity index (χ1n) is 13.6. The normalized spacial score (nSPS) is 17.2. The number of carbonyl (C=O) groups excluding carboxylic acids is 1. The zero-order valence-electron chi connectivity index (χ0n) is 22.6. The van der Waals surface area contributed by atoms with Gasteiger partial charge < -0.3 is 19.5 Å². The van der Waals surface area contributed by atoms with Crippen molar-refractivity contribution in [3.05, 3.63) is 45.8 Å². The van der Waals surface area contributed by atoms with Gasteiger partial charge >= 0.3 is 0 Å². The van der Waals surface area contributed by atoms with Gasteiger partial charge in [0.1, 0.15) is 11.6 Å². The van der Waals surface area contributed by atoms with Crippen molar-refractivity contribution in [2.24, 2.45) is 11.3 Å². The number of hydrogen-bond donors (Lipinski definition) is 1. The lowest BCUT2D eigenvalue weighted by Crippen LogP contribution is -2.58. The Hall–Kier alpha value is -3.13. The number of nitrogens with one attached hydrogen (secondary N) is 1. The number of anilines is 3. The summed E-state index contributed by atoms with van der Waals surface area (Å²) >= 11 is 6.48. The van der Waals surface area contributed by atoms with Crippen LogP contribution < -0.4 is 20.5 Å². The number of carbonyl (C=O) groups is 1. The van der Waals surface area contributed by atoms with Crippen LogP contribution in [-0.4, -0.2) is 40.0 Å². The Morgan fingerprint density at radius 2 is 1.97 bits per heavy atom. The number of Topliss-reactive ketones (excluding diaryl/α,β-unsaturated/α-hetero) is 1. The Morgan fingerprint density at radius 3 is 2.66 bits per heavy atom. The maximum absolute atomic E-state index is 13.1. The minimum atomic E-state index is -0.250. The third-order valence-corrected chi connectivity index (χ3v) is 8.24. The van der Waals surface area contributed by atoms with Gasteiger partial charge in [0.2, 0.25) is 5.95 Å². The molecule has 3 aromatic rings. The molecule has 0 atom stereocenters. The summed E-state index contributed by atoms with van der Waals surface area (Å²) in [6.45, 7) is 9.88. The molecule has 1 aliphatic carbocycles. The lowest BCUT2D eigenvalue weighted by atomic mass is 9.66. The number of ketones is 1. The lowest BCUT2D eigenvalue weighted by Gasteiger charge is -2.53. The van der Waals surface area contributed by atoms with Crippen molar-refractivity contribution >= 4 is 45.7 Å². The summed E-state index contributed by atoms with van der Waals surface area (Å²) in [6, 6.07) is 7.35. The second-order valence-corrected chi connectivity index (χ2v) is 11.7. The fourth-order valence-corrected chi connectivity index (χ4v) is 5.74. The number of benzene rings is 1. The minimum absolute atomic E-state index is 0.0589. The van der Waals surface area contributed by atoms with Gasteiger partial charge in [0.25, 0.3) is 5.56 Å². The van der Waals surface area contributed by atoms with E-state index in [1.807, 2.05) is 32.0 Å². The van der Waals surface area contributed by atoms with Crippen LogP contribution >= 0.6 is 11.6 Å². The number of nitrogens with zero attached hydrogens (tertiary/aromatic N) is 4. The maximum Gasteiger partial charge on any atom is 0.293 e. The Kier molecular flexibility index (Phi) is 7.36. The molecule has 1 saturated carbocycles. The van der Waals surface area contributed by atoms with E-state index >= 15 is 0 Å². The largest absolute Gasteiger partial charge is 0.480 e. The lowest BCUT2D eigenvalue weighted by molar-refractivity contribution is -0.120. The van der Waals surface area contributed by atoms with Gasteiger partial charge in [0, 0.05) is 42.0 Å². The van der Waals surface area contributed by atoms with Gasteiger partial charge in [0.15, 0.2) is 17.4 Å². The first-order chi connectivity index (χ1) is 18.2. The third kappa shape index (κ3) is 5.23. The summed E-state index contributed by atoms with van der Waals surface area (Å²) in [5, 5.41) is 4.58. The van der Waals surface area contributed by atoms with E-state index in [4.69, 9.17) is 21.3 Å². The van der Waals surface area contributed by atoms with Crippen LogP contribution in [0.4, 0.5) is 17.5 Å². The quantitative estimate of drug-likeness (QED) is 0.369. The molecule has 202 valence electrons. The Labute approximate surface area is 228 Å². The van der Waals surface area contributed by atoms with E-state index in [-0.39, 0.29) is 29.7 Å². The number of rotatable bonds is 8. The fraction of sp³-hybridized carbons (Fsp3) is 0.517. The van der Waals surface area contributed by atoms with Crippen LogP contribution in [-0.2, 0) is 4.79 Å². The van der Waals surface area contributed by atoms with Gasteiger partial charge in [-0.3, -0.25) is 9.59 Å². The zero-order valence-corrected chi connectivity index (χ0v) is 23.3. The molecule has 0 radical (unpaired) electrons. The standard InChI is InChI=1S/C29H36ClN5O3/c1-5-22(36)15-38-25-13-20-12-21(6-7-24(20)35(18(2)3)27(25)37)32-26-23(30)14-31-28(33-26)34-16-29(17-34)10-8-19(4)9-11-29/h6-7,12-14,18-19H,5,8-11,15-17H2,1-4H3,(H,31,32,33). The predicted molar refractivity (Wildman–Crippen MR) is 152 cm³/mol. The molecule has 0 unspecified atom stereocenters. The number of aromatic nitrogens is 3. The number of ether oxygens (including phenoxy) is 1. The highest BCUT2D eigenvalue weighted by molar-refractivity contribution is 6.32. The topological polar surface area (TPSA) is 89.3 Å². The number of hydrogen-bond acceptors (Lipinski definition) is 7. The van der Waals surface area contributed by atoms with Gasteiger partial charge in [-0.15, -0.1) is 0 Å². The van der Waals surface area contributed by atoms with E-state index in [1.165, 1.54) is 25.7 Å². The van der Waals surface area contributed by atoms with Crippen molar-refractivity contribution in [1.29, 1.82) is 0 Å². The molecule has 1 spiro atoms. The van der Waals surface area contributed by atoms with Crippen molar-refractivity contribution in [3.63, 3.8) is 0 Å². The van der Waals surface area contributed by atoms with Crippen molar-refractivity contribution in [3.8, 4) is 5.75 Å². The highest BCUT2D eigenvalue weighted by atomic mass is 35.5. The molecule has 3 heterocycles. The van der Waals surface area contributed by atoms with E-state index < -0.39 is 0 Å². The molecule has 2 aromatic heterocycles. The van der Waals surface area contributed by atoms with Crippen LogP contribution in [0.5, 0.6) is 5.75 Å². The van der Waals surface area contributed by atoms with Crippen LogP contribution in [0.25, 0.3) is 10.9 Å². The summed E-state index contributed by atoms with van der Waals surface area (Å²) in [6.07, 6.45) is 7.17. The highest BCUT2D eigenvalue weighted by Gasteiger charge is 2.45. The summed E-state index contributed by atoms with van der Waals surface area (Å²) in [5.74, 6) is 2.16. The summed E-state index contributed by atoms with van der Waals surface area (Å²) in [5.41, 5.74) is 1.72. The zero-order chi connectivity index (χ0) is 27.0. The molecule has 2 fully saturated rings. The molecule has 5 rings (SSSR count). The molecule has 1 N–H and O–H groups in total. The van der Waals surface area contributed by atoms with E-state index in [0.29, 0.717) is 28.6 Å². The van der Waals surface area contributed by atoms with Gasteiger partial charge in [-0.1, -0.05) is 38.3 Å². The molecular weight excluding hydrogens is 502 g/mol. The van der Waals surface area contributed by atoms with Crippen LogP contribution in [0.1, 0.15) is 65.8 Å². The Morgan fingerprint density at radius 1 is 1.24 bits per heavy atom. The Bertz CT molecular complexity index is 1400. The van der Waals surface area contributed by atoms with Crippen molar-refractivity contribution in [1.82, 2.24) is 14.5 Å². The second-order valence-electron chi connectivity index (χ2n) is 11.3. The minimum Gasteiger partial charge on any atom is -0.480 e. The van der Waals surface area contributed by atoms with E-state index in [2.05, 4.69) is 22.1 Å². The van der Waals surface area contributed by atoms with E-state index in [1.54, 1.807) is 23.8 Å². The number of fused-ring (bicyclic) bond motifs is 1. The van der Waals surface area contributed by atoms with Crippen LogP contribution in [0.15, 0.2) is 35.3 Å². The van der Waals surface area contributed by atoms with E-state index in [9.17, 15) is 9.59 Å². The second kappa shape index (κ2) is 10.6. The fourth-order valence-electron chi connectivity index (χ4n) is 5.60. The molecule has 0 amide bonds. The molecule has 0 bridgehead atoms. The van der Waals surface area contributed by atoms with Crippen LogP contribution in [0.2, 0.25) is 5.02 Å². The van der Waals surface area contributed by atoms with Gasteiger partial charge in [0.05, 0.1) is 11.7 Å². The average Bonchev–Trinajstić information content (AvgIpc) is 2.87. The van der Waals surface area contributed by atoms with Gasteiger partial charge in [-0.25, -0.2) is 4.98 Å². The van der Waals surface area contributed by atoms with Crippen LogP contribution in [0.3, 0.4) is 0 Å². The van der Waals surface area contributed by atoms with Crippen LogP contribution in [0, 0.1) is 11.3 Å². The molecule has 1 aliphatic heterocycles. The predicted octanol–water partition coefficient (Wildman–Crippen LogP) is 6.14. The first-order valence-corrected chi connectivity index (χ1v) is 13.9. The monoisotopic (exact) mass is 537 g/mol. The van der Waals surface area contributed by atoms with Crippen molar-refractivity contribution in [2.75, 3.05) is 29.9 Å². The summed E-state index contributed by atoms with van der Waals surface area (Å²) in [4.78, 5) is 36.4. The summed E-state index contributed by atoms with van der Waals surface area (Å²) in [7, 11) is 0. The number of pyridine rings is 1. The molecule has 1 aromatic carbocycles. The van der Waals surface area contributed by atoms with Gasteiger partial charge in [-0.2, -0.15) is 4.98 Å². The maximum atomic E-state index is 13.1. The van der Waals surface area contributed by atoms with Crippen molar-refractivity contribution < 1.29 is 9.53 Å². The molecular formula is C29H36ClN5O3. The number of halogens is 1. The molecule has 9 heteroatoms. The molecule has 2 aliphatic rings. The van der Waals surface area contributed by atoms with Crippen molar-refractivity contribution in [2.45, 2.75) is 65.8 Å². The molecule has 8 nitrogen and oxygen atoms in total. The van der Waals surface area contributed by atoms with E-state index in [0.717, 1.165) is 35.6 Å². The van der Waals surface area contributed by atoms with Gasteiger partial charge in [-0.05, 0) is 56.9 Å². The molecule has 38 heavy (non-hydrogen) atoms.